The fourth-order valence-electron chi connectivity index (χ4n) is 2.74. The number of hydrogen-bond acceptors (Lipinski definition) is 3. The molecule has 2 amide bonds. The molecule has 2 aromatic carbocycles. The Morgan fingerprint density at radius 3 is 2.52 bits per heavy atom. The first-order valence-corrected chi connectivity index (χ1v) is 8.77. The highest BCUT2D eigenvalue weighted by Crippen LogP contribution is 2.14. The van der Waals surface area contributed by atoms with E-state index in [4.69, 9.17) is 0 Å². The van der Waals surface area contributed by atoms with E-state index in [9.17, 15) is 9.59 Å². The summed E-state index contributed by atoms with van der Waals surface area (Å²) in [6, 6.07) is 14.9. The molecule has 0 radical (unpaired) electrons. The minimum absolute atomic E-state index is 0.217. The van der Waals surface area contributed by atoms with Crippen LogP contribution < -0.4 is 16.3 Å². The lowest BCUT2D eigenvalue weighted by atomic mass is 10.1. The molecule has 27 heavy (non-hydrogen) atoms. The van der Waals surface area contributed by atoms with Crippen molar-refractivity contribution in [3.63, 3.8) is 0 Å². The first-order chi connectivity index (χ1) is 13.0. The summed E-state index contributed by atoms with van der Waals surface area (Å²) >= 11 is 0. The number of nitrogens with zero attached hydrogens (tertiary/aromatic N) is 3. The zero-order chi connectivity index (χ0) is 19.4. The normalized spacial score (nSPS) is 10.6. The Labute approximate surface area is 157 Å². The summed E-state index contributed by atoms with van der Waals surface area (Å²) in [5, 5.41) is 9.92. The number of urea groups is 1. The average Bonchev–Trinajstić information content (AvgIpc) is 2.94. The van der Waals surface area contributed by atoms with Gasteiger partial charge in [-0.2, -0.15) is 0 Å². The van der Waals surface area contributed by atoms with Crippen molar-refractivity contribution in [2.24, 2.45) is 7.05 Å². The lowest BCUT2D eigenvalue weighted by Crippen LogP contribution is -2.34. The van der Waals surface area contributed by atoms with Crippen molar-refractivity contribution >= 4 is 11.7 Å². The zero-order valence-corrected chi connectivity index (χ0v) is 15.7. The molecule has 7 nitrogen and oxygen atoms in total. The molecule has 7 heteroatoms. The van der Waals surface area contributed by atoms with E-state index < -0.39 is 0 Å². The van der Waals surface area contributed by atoms with Crippen LogP contribution in [0.2, 0.25) is 0 Å². The molecule has 0 bridgehead atoms. The highest BCUT2D eigenvalue weighted by atomic mass is 16.2. The average molecular weight is 365 g/mol. The van der Waals surface area contributed by atoms with Crippen LogP contribution in [0.15, 0.2) is 53.3 Å². The van der Waals surface area contributed by atoms with Gasteiger partial charge in [-0.25, -0.2) is 14.3 Å². The van der Waals surface area contributed by atoms with Crippen LogP contribution in [0.5, 0.6) is 0 Å². The number of carbonyl (C=O) groups excluding carboxylic acids is 1. The summed E-state index contributed by atoms with van der Waals surface area (Å²) in [6.07, 6.45) is 0. The lowest BCUT2D eigenvalue weighted by Gasteiger charge is -2.09. The fourth-order valence-corrected chi connectivity index (χ4v) is 2.74. The summed E-state index contributed by atoms with van der Waals surface area (Å²) in [5.41, 5.74) is 3.67. The minimum atomic E-state index is -0.314. The number of aryl methyl sites for hydroxylation is 2. The van der Waals surface area contributed by atoms with Crippen molar-refractivity contribution in [3.8, 4) is 11.4 Å². The third kappa shape index (κ3) is 4.25. The number of hydrogen-bond donors (Lipinski definition) is 2. The molecule has 140 valence electrons. The van der Waals surface area contributed by atoms with Crippen molar-refractivity contribution in [2.75, 3.05) is 11.9 Å². The van der Waals surface area contributed by atoms with Crippen LogP contribution >= 0.6 is 0 Å². The Morgan fingerprint density at radius 1 is 1.07 bits per heavy atom. The van der Waals surface area contributed by atoms with Crippen molar-refractivity contribution in [1.29, 1.82) is 0 Å². The maximum atomic E-state index is 12.3. The summed E-state index contributed by atoms with van der Waals surface area (Å²) in [7, 11) is 1.69. The summed E-state index contributed by atoms with van der Waals surface area (Å²) < 4.78 is 2.86. The van der Waals surface area contributed by atoms with Gasteiger partial charge in [-0.3, -0.25) is 4.57 Å². The molecule has 0 atom stereocenters. The Balaban J connectivity index is 1.60. The van der Waals surface area contributed by atoms with Crippen LogP contribution in [0.25, 0.3) is 11.4 Å². The Kier molecular flexibility index (Phi) is 5.40. The lowest BCUT2D eigenvalue weighted by molar-refractivity contribution is 0.251. The van der Waals surface area contributed by atoms with Crippen molar-refractivity contribution < 1.29 is 4.79 Å². The third-order valence-corrected chi connectivity index (χ3v) is 4.45. The van der Waals surface area contributed by atoms with Gasteiger partial charge in [0.1, 0.15) is 0 Å². The second kappa shape index (κ2) is 7.90. The molecule has 0 unspecified atom stereocenters. The molecule has 0 aliphatic heterocycles. The maximum Gasteiger partial charge on any atom is 0.345 e. The standard InChI is InChI=1S/C20H23N5O2/c1-14-9-10-17(13-15(14)2)22-19(26)21-11-12-25-20(27)24(3)18(23-25)16-7-5-4-6-8-16/h4-10,13H,11-12H2,1-3H3,(H2,21,22,26). The summed E-state index contributed by atoms with van der Waals surface area (Å²) in [5.74, 6) is 0.597. The molecule has 0 fully saturated rings. The van der Waals surface area contributed by atoms with E-state index in [1.165, 1.54) is 14.8 Å². The van der Waals surface area contributed by atoms with Gasteiger partial charge in [0.15, 0.2) is 5.82 Å². The highest BCUT2D eigenvalue weighted by molar-refractivity contribution is 5.89. The molecule has 0 saturated carbocycles. The van der Waals surface area contributed by atoms with Gasteiger partial charge >= 0.3 is 11.7 Å². The molecular weight excluding hydrogens is 342 g/mol. The number of amides is 2. The van der Waals surface area contributed by atoms with Crippen molar-refractivity contribution in [2.45, 2.75) is 20.4 Å². The van der Waals surface area contributed by atoms with Gasteiger partial charge in [0.2, 0.25) is 0 Å². The molecule has 1 heterocycles. The maximum absolute atomic E-state index is 12.3. The van der Waals surface area contributed by atoms with E-state index in [0.717, 1.165) is 16.8 Å². The van der Waals surface area contributed by atoms with E-state index in [-0.39, 0.29) is 11.7 Å². The van der Waals surface area contributed by atoms with Gasteiger partial charge in [-0.1, -0.05) is 36.4 Å². The van der Waals surface area contributed by atoms with E-state index in [1.807, 2.05) is 62.4 Å². The van der Waals surface area contributed by atoms with E-state index in [0.29, 0.717) is 18.9 Å². The van der Waals surface area contributed by atoms with Crippen molar-refractivity contribution in [1.82, 2.24) is 19.7 Å². The minimum Gasteiger partial charge on any atom is -0.336 e. The molecule has 0 aliphatic carbocycles. The van der Waals surface area contributed by atoms with Crippen LogP contribution in [-0.4, -0.2) is 26.9 Å². The smallest absolute Gasteiger partial charge is 0.336 e. The quantitative estimate of drug-likeness (QED) is 0.729. The SMILES string of the molecule is Cc1ccc(NC(=O)NCCn2nc(-c3ccccc3)n(C)c2=O)cc1C. The molecule has 3 rings (SSSR count). The number of nitrogens with one attached hydrogen (secondary N) is 2. The second-order valence-electron chi connectivity index (χ2n) is 6.43. The molecule has 0 saturated heterocycles. The molecular formula is C20H23N5O2. The van der Waals surface area contributed by atoms with E-state index in [1.54, 1.807) is 7.05 Å². The van der Waals surface area contributed by atoms with E-state index in [2.05, 4.69) is 15.7 Å². The second-order valence-corrected chi connectivity index (χ2v) is 6.43. The van der Waals surface area contributed by atoms with Crippen LogP contribution in [0.3, 0.4) is 0 Å². The summed E-state index contributed by atoms with van der Waals surface area (Å²) in [6.45, 7) is 4.60. The van der Waals surface area contributed by atoms with Gasteiger partial charge < -0.3 is 10.6 Å². The molecule has 0 spiro atoms. The van der Waals surface area contributed by atoms with Crippen LogP contribution in [0, 0.1) is 13.8 Å². The Bertz CT molecular complexity index is 1000. The Morgan fingerprint density at radius 2 is 1.81 bits per heavy atom. The first kappa shape index (κ1) is 18.4. The molecule has 2 N–H and O–H groups in total. The monoisotopic (exact) mass is 365 g/mol. The zero-order valence-electron chi connectivity index (χ0n) is 15.7. The van der Waals surface area contributed by atoms with Gasteiger partial charge in [-0.05, 0) is 37.1 Å². The number of anilines is 1. The largest absolute Gasteiger partial charge is 0.345 e. The number of rotatable bonds is 5. The predicted octanol–water partition coefficient (Wildman–Crippen LogP) is 2.69. The van der Waals surface area contributed by atoms with Gasteiger partial charge in [-0.15, -0.1) is 5.10 Å². The van der Waals surface area contributed by atoms with Crippen LogP contribution in [0.1, 0.15) is 11.1 Å². The fraction of sp³-hybridized carbons (Fsp3) is 0.250. The van der Waals surface area contributed by atoms with Gasteiger partial charge in [0, 0.05) is 24.8 Å². The Hall–Kier alpha value is -3.35. The topological polar surface area (TPSA) is 81.0 Å². The number of carbonyl (C=O) groups is 1. The first-order valence-electron chi connectivity index (χ1n) is 8.77. The highest BCUT2D eigenvalue weighted by Gasteiger charge is 2.12. The van der Waals surface area contributed by atoms with Crippen molar-refractivity contribution in [3.05, 3.63) is 70.1 Å². The molecule has 1 aromatic heterocycles. The van der Waals surface area contributed by atoms with E-state index >= 15 is 0 Å². The summed E-state index contributed by atoms with van der Waals surface area (Å²) in [4.78, 5) is 24.4. The number of aromatic nitrogens is 3. The third-order valence-electron chi connectivity index (χ3n) is 4.45. The van der Waals surface area contributed by atoms with Gasteiger partial charge in [0.05, 0.1) is 6.54 Å². The van der Waals surface area contributed by atoms with Gasteiger partial charge in [0.25, 0.3) is 0 Å². The molecule has 3 aromatic rings. The predicted molar refractivity (Wildman–Crippen MR) is 106 cm³/mol. The van der Waals surface area contributed by atoms with Crippen LogP contribution in [0.4, 0.5) is 10.5 Å². The van der Waals surface area contributed by atoms with Crippen LogP contribution in [-0.2, 0) is 13.6 Å². The number of benzene rings is 2. The molecule has 0 aliphatic rings.